The van der Waals surface area contributed by atoms with Gasteiger partial charge in [-0.2, -0.15) is 0 Å². The van der Waals surface area contributed by atoms with E-state index in [1.807, 2.05) is 67.6 Å². The van der Waals surface area contributed by atoms with Crippen molar-refractivity contribution in [2.24, 2.45) is 11.8 Å². The molecule has 2 N–H and O–H groups in total. The van der Waals surface area contributed by atoms with Crippen LogP contribution in [0, 0.1) is 18.8 Å². The lowest BCUT2D eigenvalue weighted by Crippen LogP contribution is -2.20. The second-order valence-electron chi connectivity index (χ2n) is 14.5. The molecule has 1 heterocycles. The largest absolute Gasteiger partial charge is 0.497 e. The molecule has 0 bridgehead atoms. The summed E-state index contributed by atoms with van der Waals surface area (Å²) in [6, 6.07) is 28.7. The van der Waals surface area contributed by atoms with E-state index < -0.39 is 11.9 Å². The molecule has 0 amide bonds. The first-order valence-corrected chi connectivity index (χ1v) is 19.6. The predicted octanol–water partition coefficient (Wildman–Crippen LogP) is 10.6. The lowest BCUT2D eigenvalue weighted by Gasteiger charge is -2.32. The summed E-state index contributed by atoms with van der Waals surface area (Å²) in [5, 5.41) is 23.5. The Morgan fingerprint density at radius 2 is 1.16 bits per heavy atom. The first kappa shape index (κ1) is 40.4. The topological polar surface area (TPSA) is 116 Å². The Labute approximate surface area is 334 Å². The van der Waals surface area contributed by atoms with Crippen LogP contribution in [0.3, 0.4) is 0 Å². The van der Waals surface area contributed by atoms with Crippen molar-refractivity contribution in [3.8, 4) is 40.4 Å². The highest BCUT2D eigenvalue weighted by molar-refractivity contribution is 5.89. The van der Waals surface area contributed by atoms with Crippen molar-refractivity contribution in [1.82, 2.24) is 4.57 Å². The number of aromatic hydroxyl groups is 2. The smallest absolute Gasteiger partial charge is 0.336 e. The average Bonchev–Trinajstić information content (AvgIpc) is 3.47. The summed E-state index contributed by atoms with van der Waals surface area (Å²) < 4.78 is 23.0. The zero-order valence-corrected chi connectivity index (χ0v) is 33.0. The Bertz CT molecular complexity index is 2160. The SMILES string of the molecule is CCC(CC(c1ccc(OC(=O)C=Cc2ccc(OC)cc2)cc1)c1c(C)c(O)n(-c2ccc(OC(=O)C=Cc3ccc(OC)cc3)cc2)c1O)C1CCCCC1. The van der Waals surface area contributed by atoms with E-state index in [0.29, 0.717) is 40.1 Å². The van der Waals surface area contributed by atoms with Gasteiger partial charge in [-0.15, -0.1) is 0 Å². The van der Waals surface area contributed by atoms with E-state index in [4.69, 9.17) is 18.9 Å². The van der Waals surface area contributed by atoms with Gasteiger partial charge in [0.2, 0.25) is 11.8 Å². The van der Waals surface area contributed by atoms with Gasteiger partial charge in [0.15, 0.2) is 0 Å². The van der Waals surface area contributed by atoms with Gasteiger partial charge in [-0.1, -0.05) is 81.8 Å². The highest BCUT2D eigenvalue weighted by Crippen LogP contribution is 2.47. The Kier molecular flexibility index (Phi) is 13.5. The van der Waals surface area contributed by atoms with Gasteiger partial charge in [-0.05, 0) is 115 Å². The maximum Gasteiger partial charge on any atom is 0.336 e. The Morgan fingerprint density at radius 1 is 0.684 bits per heavy atom. The van der Waals surface area contributed by atoms with Gasteiger partial charge >= 0.3 is 11.9 Å². The van der Waals surface area contributed by atoms with Crippen LogP contribution in [0.15, 0.2) is 109 Å². The molecule has 57 heavy (non-hydrogen) atoms. The minimum atomic E-state index is -0.541. The highest BCUT2D eigenvalue weighted by Gasteiger charge is 2.32. The summed E-state index contributed by atoms with van der Waals surface area (Å²) >= 11 is 0. The molecule has 2 unspecified atom stereocenters. The van der Waals surface area contributed by atoms with Gasteiger partial charge in [-0.25, -0.2) is 9.59 Å². The minimum absolute atomic E-state index is 0.0557. The maximum absolute atomic E-state index is 12.7. The van der Waals surface area contributed by atoms with E-state index in [0.717, 1.165) is 41.0 Å². The summed E-state index contributed by atoms with van der Waals surface area (Å²) in [6.07, 6.45) is 14.0. The number of methoxy groups -OCH3 is 2. The predicted molar refractivity (Wildman–Crippen MR) is 222 cm³/mol. The molecular weight excluding hydrogens is 719 g/mol. The van der Waals surface area contributed by atoms with Gasteiger partial charge in [-0.3, -0.25) is 4.57 Å². The van der Waals surface area contributed by atoms with E-state index >= 15 is 0 Å². The molecule has 1 aliphatic rings. The van der Waals surface area contributed by atoms with Crippen LogP contribution in [-0.4, -0.2) is 40.9 Å². The van der Waals surface area contributed by atoms with E-state index in [-0.39, 0.29) is 17.7 Å². The second kappa shape index (κ2) is 19.1. The van der Waals surface area contributed by atoms with E-state index in [1.165, 1.54) is 48.8 Å². The summed E-state index contributed by atoms with van der Waals surface area (Å²) in [5.41, 5.74) is 4.34. The van der Waals surface area contributed by atoms with E-state index in [2.05, 4.69) is 6.92 Å². The number of rotatable bonds is 15. The zero-order valence-electron chi connectivity index (χ0n) is 33.0. The summed E-state index contributed by atoms with van der Waals surface area (Å²) in [6.45, 7) is 4.06. The van der Waals surface area contributed by atoms with Crippen molar-refractivity contribution in [3.63, 3.8) is 0 Å². The Morgan fingerprint density at radius 3 is 1.63 bits per heavy atom. The molecule has 296 valence electrons. The summed E-state index contributed by atoms with van der Waals surface area (Å²) in [7, 11) is 3.20. The van der Waals surface area contributed by atoms with Crippen molar-refractivity contribution in [2.75, 3.05) is 14.2 Å². The molecule has 6 rings (SSSR count). The molecule has 1 aromatic heterocycles. The molecule has 1 fully saturated rings. The fourth-order valence-corrected chi connectivity index (χ4v) is 7.85. The molecule has 5 aromatic rings. The second-order valence-corrected chi connectivity index (χ2v) is 14.5. The van der Waals surface area contributed by atoms with Crippen LogP contribution in [0.5, 0.6) is 34.8 Å². The third-order valence-corrected chi connectivity index (χ3v) is 11.0. The molecule has 1 saturated carbocycles. The third kappa shape index (κ3) is 10.2. The summed E-state index contributed by atoms with van der Waals surface area (Å²) in [5.74, 6) is 1.76. The molecule has 0 aliphatic heterocycles. The van der Waals surface area contributed by atoms with Crippen LogP contribution in [0.4, 0.5) is 0 Å². The van der Waals surface area contributed by atoms with Gasteiger partial charge in [0.05, 0.1) is 19.9 Å². The first-order valence-electron chi connectivity index (χ1n) is 19.6. The fraction of sp³-hybridized carbons (Fsp3) is 0.292. The molecule has 2 atom stereocenters. The number of hydrogen-bond acceptors (Lipinski definition) is 8. The summed E-state index contributed by atoms with van der Waals surface area (Å²) in [4.78, 5) is 25.3. The first-order chi connectivity index (χ1) is 27.7. The molecular formula is C48H51NO8. The molecule has 0 saturated heterocycles. The van der Waals surface area contributed by atoms with Crippen molar-refractivity contribution in [3.05, 3.63) is 137 Å². The molecule has 0 spiro atoms. The van der Waals surface area contributed by atoms with Crippen LogP contribution in [0.25, 0.3) is 17.8 Å². The van der Waals surface area contributed by atoms with E-state index in [9.17, 15) is 19.8 Å². The van der Waals surface area contributed by atoms with Crippen LogP contribution < -0.4 is 18.9 Å². The van der Waals surface area contributed by atoms with Crippen molar-refractivity contribution >= 4 is 24.1 Å². The number of hydrogen-bond donors (Lipinski definition) is 2. The number of carbonyl (C=O) groups is 2. The zero-order chi connectivity index (χ0) is 40.3. The van der Waals surface area contributed by atoms with Crippen LogP contribution in [-0.2, 0) is 9.59 Å². The van der Waals surface area contributed by atoms with Crippen LogP contribution in [0.2, 0.25) is 0 Å². The van der Waals surface area contributed by atoms with Crippen LogP contribution >= 0.6 is 0 Å². The van der Waals surface area contributed by atoms with Crippen molar-refractivity contribution < 1.29 is 38.7 Å². The monoisotopic (exact) mass is 769 g/mol. The van der Waals surface area contributed by atoms with Gasteiger partial charge in [0, 0.05) is 29.2 Å². The van der Waals surface area contributed by atoms with Gasteiger partial charge in [0.1, 0.15) is 23.0 Å². The number of benzene rings is 4. The lowest BCUT2D eigenvalue weighted by atomic mass is 9.72. The van der Waals surface area contributed by atoms with Crippen molar-refractivity contribution in [2.45, 2.75) is 64.7 Å². The maximum atomic E-state index is 12.7. The standard InChI is InChI=1S/C48H51NO8/c1-5-35(36-9-7-6-8-10-36)31-43(37-17-25-41(26-18-37)56-44(50)29-15-33-11-21-39(54-3)22-12-33)46-32(2)47(52)49(48(46)53)38-19-27-42(28-20-38)57-45(51)30-16-34-13-23-40(55-4)24-14-34/h11-30,35-36,43,52-53H,5-10,31H2,1-4H3. The molecule has 9 nitrogen and oxygen atoms in total. The molecule has 0 radical (unpaired) electrons. The Hall–Kier alpha value is -6.22. The minimum Gasteiger partial charge on any atom is -0.497 e. The van der Waals surface area contributed by atoms with E-state index in [1.54, 1.807) is 62.8 Å². The van der Waals surface area contributed by atoms with Crippen molar-refractivity contribution in [1.29, 1.82) is 0 Å². The molecule has 1 aliphatic carbocycles. The highest BCUT2D eigenvalue weighted by atomic mass is 16.5. The molecule has 4 aromatic carbocycles. The number of esters is 2. The van der Waals surface area contributed by atoms with Gasteiger partial charge in [0.25, 0.3) is 0 Å². The Balaban J connectivity index is 1.23. The quantitative estimate of drug-likeness (QED) is 0.0614. The number of nitrogens with zero attached hydrogens (tertiary/aromatic N) is 1. The number of aromatic nitrogens is 1. The fourth-order valence-electron chi connectivity index (χ4n) is 7.85. The third-order valence-electron chi connectivity index (χ3n) is 11.0. The van der Waals surface area contributed by atoms with Gasteiger partial charge < -0.3 is 29.2 Å². The number of carbonyl (C=O) groups excluding carboxylic acids is 2. The number of ether oxygens (including phenoxy) is 4. The molecule has 9 heteroatoms. The van der Waals surface area contributed by atoms with Crippen LogP contribution in [0.1, 0.15) is 85.6 Å². The normalized spacial score (nSPS) is 14.4. The average molecular weight is 770 g/mol. The lowest BCUT2D eigenvalue weighted by molar-refractivity contribution is -0.129.